The Labute approximate surface area is 207 Å². The highest BCUT2D eigenvalue weighted by Gasteiger charge is 2.21. The summed E-state index contributed by atoms with van der Waals surface area (Å²) in [5, 5.41) is 3.45. The standard InChI is InChI=1S/C23H32N4O4.HI/c1-24-23(25-16-20-21(30-4)14-19(29-3)15-22(20)31-5)27-12-10-26(11-13-27)17-6-8-18(28-2)9-7-17;/h6-9,14-15H,10-13,16H2,1-5H3,(H,24,25);1H. The third-order valence-corrected chi connectivity index (χ3v) is 5.47. The highest BCUT2D eigenvalue weighted by Crippen LogP contribution is 2.34. The lowest BCUT2D eigenvalue weighted by Gasteiger charge is -2.37. The Kier molecular flexibility index (Phi) is 10.0. The maximum Gasteiger partial charge on any atom is 0.194 e. The number of methoxy groups -OCH3 is 4. The molecule has 2 aromatic rings. The quantitative estimate of drug-likeness (QED) is 0.319. The third-order valence-electron chi connectivity index (χ3n) is 5.47. The second-order valence-corrected chi connectivity index (χ2v) is 7.08. The first-order valence-corrected chi connectivity index (χ1v) is 10.3. The largest absolute Gasteiger partial charge is 0.497 e. The van der Waals surface area contributed by atoms with Crippen LogP contribution in [0.4, 0.5) is 5.69 Å². The molecule has 3 rings (SSSR count). The van der Waals surface area contributed by atoms with E-state index in [1.165, 1.54) is 5.69 Å². The van der Waals surface area contributed by atoms with Gasteiger partial charge in [0.25, 0.3) is 0 Å². The van der Waals surface area contributed by atoms with Crippen molar-refractivity contribution in [3.8, 4) is 23.0 Å². The molecule has 2 aromatic carbocycles. The van der Waals surface area contributed by atoms with Gasteiger partial charge in [0.05, 0.1) is 40.5 Å². The van der Waals surface area contributed by atoms with E-state index in [-0.39, 0.29) is 24.0 Å². The molecule has 0 saturated carbocycles. The minimum Gasteiger partial charge on any atom is -0.497 e. The van der Waals surface area contributed by atoms with Crippen LogP contribution in [0.5, 0.6) is 23.0 Å². The van der Waals surface area contributed by atoms with Crippen LogP contribution in [-0.2, 0) is 6.54 Å². The highest BCUT2D eigenvalue weighted by atomic mass is 127. The van der Waals surface area contributed by atoms with Crippen molar-refractivity contribution in [1.82, 2.24) is 10.2 Å². The molecular formula is C23H33IN4O4. The molecule has 0 aliphatic carbocycles. The van der Waals surface area contributed by atoms with Gasteiger partial charge in [0, 0.05) is 51.0 Å². The van der Waals surface area contributed by atoms with Crippen LogP contribution in [0.2, 0.25) is 0 Å². The average molecular weight is 556 g/mol. The fraction of sp³-hybridized carbons (Fsp3) is 0.435. The Balaban J connectivity index is 0.00000363. The number of hydrogen-bond acceptors (Lipinski definition) is 6. The summed E-state index contributed by atoms with van der Waals surface area (Å²) in [6, 6.07) is 11.9. The molecule has 8 nitrogen and oxygen atoms in total. The van der Waals surface area contributed by atoms with Gasteiger partial charge >= 0.3 is 0 Å². The molecule has 0 unspecified atom stereocenters. The van der Waals surface area contributed by atoms with Gasteiger partial charge in [0.1, 0.15) is 23.0 Å². The van der Waals surface area contributed by atoms with Gasteiger partial charge < -0.3 is 34.1 Å². The topological polar surface area (TPSA) is 67.8 Å². The Morgan fingerprint density at radius 1 is 0.844 bits per heavy atom. The molecule has 0 bridgehead atoms. The number of nitrogens with one attached hydrogen (secondary N) is 1. The van der Waals surface area contributed by atoms with Gasteiger partial charge in [-0.1, -0.05) is 0 Å². The van der Waals surface area contributed by atoms with E-state index in [1.807, 2.05) is 24.3 Å². The summed E-state index contributed by atoms with van der Waals surface area (Å²) in [5.74, 6) is 3.84. The van der Waals surface area contributed by atoms with Crippen LogP contribution < -0.4 is 29.2 Å². The summed E-state index contributed by atoms with van der Waals surface area (Å²) in [4.78, 5) is 9.12. The lowest BCUT2D eigenvalue weighted by Crippen LogP contribution is -2.52. The van der Waals surface area contributed by atoms with E-state index in [4.69, 9.17) is 18.9 Å². The molecule has 0 atom stereocenters. The monoisotopic (exact) mass is 556 g/mol. The Morgan fingerprint density at radius 2 is 1.41 bits per heavy atom. The van der Waals surface area contributed by atoms with E-state index in [0.717, 1.165) is 43.5 Å². The summed E-state index contributed by atoms with van der Waals surface area (Å²) in [7, 11) is 8.40. The van der Waals surface area contributed by atoms with Gasteiger partial charge in [-0.3, -0.25) is 4.99 Å². The van der Waals surface area contributed by atoms with Crippen LogP contribution in [0.15, 0.2) is 41.4 Å². The molecule has 0 radical (unpaired) electrons. The molecule has 32 heavy (non-hydrogen) atoms. The summed E-state index contributed by atoms with van der Waals surface area (Å²) < 4.78 is 21.7. The first-order chi connectivity index (χ1) is 15.1. The van der Waals surface area contributed by atoms with Crippen LogP contribution in [0.3, 0.4) is 0 Å². The van der Waals surface area contributed by atoms with Crippen LogP contribution in [-0.4, -0.2) is 72.5 Å². The predicted octanol–water partition coefficient (Wildman–Crippen LogP) is 3.24. The van der Waals surface area contributed by atoms with Crippen molar-refractivity contribution >= 4 is 35.6 Å². The SMILES string of the molecule is CN=C(NCc1c(OC)cc(OC)cc1OC)N1CCN(c2ccc(OC)cc2)CC1.I. The zero-order valence-electron chi connectivity index (χ0n) is 19.4. The molecular weight excluding hydrogens is 523 g/mol. The number of benzene rings is 2. The van der Waals surface area contributed by atoms with E-state index >= 15 is 0 Å². The molecule has 0 spiro atoms. The summed E-state index contributed by atoms with van der Waals surface area (Å²) in [5.41, 5.74) is 2.12. The fourth-order valence-corrected chi connectivity index (χ4v) is 3.72. The highest BCUT2D eigenvalue weighted by molar-refractivity contribution is 14.0. The second kappa shape index (κ2) is 12.5. The minimum absolute atomic E-state index is 0. The Bertz CT molecular complexity index is 859. The van der Waals surface area contributed by atoms with Crippen molar-refractivity contribution in [3.05, 3.63) is 42.0 Å². The van der Waals surface area contributed by atoms with E-state index in [0.29, 0.717) is 23.8 Å². The maximum absolute atomic E-state index is 5.55. The second-order valence-electron chi connectivity index (χ2n) is 7.08. The smallest absolute Gasteiger partial charge is 0.194 e. The molecule has 1 aliphatic heterocycles. The van der Waals surface area contributed by atoms with Crippen LogP contribution in [0.25, 0.3) is 0 Å². The summed E-state index contributed by atoms with van der Waals surface area (Å²) >= 11 is 0. The molecule has 0 aromatic heterocycles. The lowest BCUT2D eigenvalue weighted by molar-refractivity contribution is 0.361. The maximum atomic E-state index is 5.55. The van der Waals surface area contributed by atoms with Crippen LogP contribution in [0.1, 0.15) is 5.56 Å². The van der Waals surface area contributed by atoms with Crippen molar-refractivity contribution in [3.63, 3.8) is 0 Å². The molecule has 1 N–H and O–H groups in total. The zero-order chi connectivity index (χ0) is 22.2. The number of nitrogens with zero attached hydrogens (tertiary/aromatic N) is 3. The molecule has 1 aliphatic rings. The van der Waals surface area contributed by atoms with Gasteiger partial charge in [-0.05, 0) is 24.3 Å². The third kappa shape index (κ3) is 6.02. The number of halogens is 1. The molecule has 176 valence electrons. The van der Waals surface area contributed by atoms with E-state index in [9.17, 15) is 0 Å². The number of hydrogen-bond donors (Lipinski definition) is 1. The van der Waals surface area contributed by atoms with Crippen molar-refractivity contribution < 1.29 is 18.9 Å². The summed E-state index contributed by atoms with van der Waals surface area (Å²) in [6.45, 7) is 4.12. The Hall–Kier alpha value is -2.56. The molecule has 0 amide bonds. The van der Waals surface area contributed by atoms with Crippen molar-refractivity contribution in [2.24, 2.45) is 4.99 Å². The van der Waals surface area contributed by atoms with Gasteiger partial charge in [-0.2, -0.15) is 0 Å². The van der Waals surface area contributed by atoms with Crippen LogP contribution in [0, 0.1) is 0 Å². The zero-order valence-corrected chi connectivity index (χ0v) is 21.7. The van der Waals surface area contributed by atoms with Crippen LogP contribution >= 0.6 is 24.0 Å². The first kappa shape index (κ1) is 25.7. The minimum atomic E-state index is 0. The normalized spacial score (nSPS) is 13.8. The average Bonchev–Trinajstić information content (AvgIpc) is 2.84. The number of rotatable bonds is 7. The number of guanidine groups is 1. The lowest BCUT2D eigenvalue weighted by atomic mass is 10.1. The number of anilines is 1. The van der Waals surface area contributed by atoms with Crippen molar-refractivity contribution in [2.45, 2.75) is 6.54 Å². The van der Waals surface area contributed by atoms with E-state index < -0.39 is 0 Å². The molecule has 1 saturated heterocycles. The fourth-order valence-electron chi connectivity index (χ4n) is 3.72. The van der Waals surface area contributed by atoms with Gasteiger partial charge in [0.2, 0.25) is 0 Å². The number of aliphatic imine (C=N–C) groups is 1. The molecule has 1 heterocycles. The van der Waals surface area contributed by atoms with Gasteiger partial charge in [-0.15, -0.1) is 24.0 Å². The van der Waals surface area contributed by atoms with Crippen molar-refractivity contribution in [2.75, 3.05) is 66.6 Å². The number of piperazine rings is 1. The van der Waals surface area contributed by atoms with E-state index in [2.05, 4.69) is 32.2 Å². The van der Waals surface area contributed by atoms with Gasteiger partial charge in [0.15, 0.2) is 5.96 Å². The Morgan fingerprint density at radius 3 is 1.88 bits per heavy atom. The van der Waals surface area contributed by atoms with Crippen molar-refractivity contribution in [1.29, 1.82) is 0 Å². The molecule has 9 heteroatoms. The number of ether oxygens (including phenoxy) is 4. The first-order valence-electron chi connectivity index (χ1n) is 10.3. The van der Waals surface area contributed by atoms with E-state index in [1.54, 1.807) is 35.5 Å². The summed E-state index contributed by atoms with van der Waals surface area (Å²) in [6.07, 6.45) is 0. The predicted molar refractivity (Wildman–Crippen MR) is 138 cm³/mol. The van der Waals surface area contributed by atoms with Gasteiger partial charge in [-0.25, -0.2) is 0 Å². The molecule has 1 fully saturated rings.